The van der Waals surface area contributed by atoms with Crippen molar-refractivity contribution < 1.29 is 4.79 Å². The Morgan fingerprint density at radius 3 is 2.88 bits per heavy atom. The van der Waals surface area contributed by atoms with Crippen LogP contribution < -0.4 is 5.32 Å². The lowest BCUT2D eigenvalue weighted by Crippen LogP contribution is -2.30. The highest BCUT2D eigenvalue weighted by atomic mass is 35.5. The van der Waals surface area contributed by atoms with Crippen molar-refractivity contribution >= 4 is 17.5 Å². The maximum atomic E-state index is 12.7. The molecule has 0 unspecified atom stereocenters. The Bertz CT molecular complexity index is 934. The second kappa shape index (κ2) is 7.34. The third-order valence-electron chi connectivity index (χ3n) is 4.86. The summed E-state index contributed by atoms with van der Waals surface area (Å²) in [4.78, 5) is 12.7. The van der Waals surface area contributed by atoms with Gasteiger partial charge in [0.05, 0.1) is 24.3 Å². The van der Waals surface area contributed by atoms with E-state index in [1.165, 1.54) is 11.1 Å². The number of fused-ring (bicyclic) bond motifs is 1. The minimum atomic E-state index is -0.0860. The summed E-state index contributed by atoms with van der Waals surface area (Å²) < 4.78 is 1.74. The summed E-state index contributed by atoms with van der Waals surface area (Å²) >= 11 is 6.20. The van der Waals surface area contributed by atoms with E-state index in [9.17, 15) is 4.79 Å². The van der Waals surface area contributed by atoms with Crippen LogP contribution in [0.15, 0.2) is 60.9 Å². The number of aryl methyl sites for hydroxylation is 1. The lowest BCUT2D eigenvalue weighted by atomic mass is 9.87. The molecule has 2 aromatic carbocycles. The Labute approximate surface area is 157 Å². The number of amides is 1. The molecule has 4 nitrogen and oxygen atoms in total. The third kappa shape index (κ3) is 3.51. The molecule has 4 rings (SSSR count). The van der Waals surface area contributed by atoms with E-state index in [4.69, 9.17) is 11.6 Å². The van der Waals surface area contributed by atoms with Gasteiger partial charge < -0.3 is 5.32 Å². The predicted molar refractivity (Wildman–Crippen MR) is 102 cm³/mol. The monoisotopic (exact) mass is 365 g/mol. The first-order chi connectivity index (χ1) is 12.7. The van der Waals surface area contributed by atoms with Gasteiger partial charge in [0.25, 0.3) is 5.91 Å². The standard InChI is InChI=1S/C21H20ClN3O/c22-19-10-4-2-7-16(19)13-25-14-17(12-23-25)21(26)24-20-11-5-8-15-6-1-3-9-18(15)20/h1-4,6-7,9-10,12,14,20H,5,8,11,13H2,(H,24,26)/t20-/m0/s1. The van der Waals surface area contributed by atoms with Gasteiger partial charge in [-0.3, -0.25) is 9.48 Å². The highest BCUT2D eigenvalue weighted by Crippen LogP contribution is 2.29. The average molecular weight is 366 g/mol. The number of carbonyl (C=O) groups is 1. The van der Waals surface area contributed by atoms with E-state index in [1.807, 2.05) is 30.3 Å². The molecule has 1 aliphatic rings. The van der Waals surface area contributed by atoms with Gasteiger partial charge in [0.15, 0.2) is 0 Å². The topological polar surface area (TPSA) is 46.9 Å². The summed E-state index contributed by atoms with van der Waals surface area (Å²) in [6, 6.07) is 16.1. The van der Waals surface area contributed by atoms with Gasteiger partial charge in [-0.2, -0.15) is 5.10 Å². The number of carbonyl (C=O) groups excluding carboxylic acids is 1. The van der Waals surface area contributed by atoms with E-state index < -0.39 is 0 Å². The van der Waals surface area contributed by atoms with Crippen LogP contribution in [0.3, 0.4) is 0 Å². The highest BCUT2D eigenvalue weighted by Gasteiger charge is 2.22. The maximum Gasteiger partial charge on any atom is 0.254 e. The molecule has 0 aliphatic heterocycles. The van der Waals surface area contributed by atoms with Crippen LogP contribution >= 0.6 is 11.6 Å². The normalized spacial score (nSPS) is 16.1. The summed E-state index contributed by atoms with van der Waals surface area (Å²) in [5.74, 6) is -0.0860. The molecule has 0 saturated carbocycles. The second-order valence-corrected chi connectivity index (χ2v) is 7.04. The minimum absolute atomic E-state index is 0.0689. The number of hydrogen-bond donors (Lipinski definition) is 1. The minimum Gasteiger partial charge on any atom is -0.345 e. The number of halogens is 1. The summed E-state index contributed by atoms with van der Waals surface area (Å²) in [5, 5.41) is 8.17. The Kier molecular flexibility index (Phi) is 4.76. The smallest absolute Gasteiger partial charge is 0.254 e. The summed E-state index contributed by atoms with van der Waals surface area (Å²) in [6.45, 7) is 0.541. The molecule has 0 bridgehead atoms. The summed E-state index contributed by atoms with van der Waals surface area (Å²) in [7, 11) is 0. The number of nitrogens with zero attached hydrogens (tertiary/aromatic N) is 2. The first-order valence-corrected chi connectivity index (χ1v) is 9.23. The van der Waals surface area contributed by atoms with Gasteiger partial charge in [0.1, 0.15) is 0 Å². The lowest BCUT2D eigenvalue weighted by molar-refractivity contribution is 0.0932. The predicted octanol–water partition coefficient (Wildman–Crippen LogP) is 4.39. The van der Waals surface area contributed by atoms with Crippen LogP contribution in [0.1, 0.15) is 45.9 Å². The Balaban J connectivity index is 1.47. The number of aromatic nitrogens is 2. The molecule has 5 heteroatoms. The molecule has 1 N–H and O–H groups in total. The average Bonchev–Trinajstić information content (AvgIpc) is 3.13. The van der Waals surface area contributed by atoms with Crippen molar-refractivity contribution in [2.24, 2.45) is 0 Å². The van der Waals surface area contributed by atoms with Crippen molar-refractivity contribution in [3.05, 3.63) is 88.2 Å². The Morgan fingerprint density at radius 2 is 2.00 bits per heavy atom. The van der Waals surface area contributed by atoms with Crippen molar-refractivity contribution in [3.8, 4) is 0 Å². The molecule has 0 radical (unpaired) electrons. The van der Waals surface area contributed by atoms with Gasteiger partial charge in [-0.15, -0.1) is 0 Å². The van der Waals surface area contributed by atoms with Crippen LogP contribution in [0.4, 0.5) is 0 Å². The van der Waals surface area contributed by atoms with Crippen LogP contribution in [-0.2, 0) is 13.0 Å². The van der Waals surface area contributed by atoms with E-state index in [2.05, 4.69) is 28.6 Å². The number of nitrogens with one attached hydrogen (secondary N) is 1. The van der Waals surface area contributed by atoms with Crippen LogP contribution in [0.2, 0.25) is 5.02 Å². The van der Waals surface area contributed by atoms with Crippen molar-refractivity contribution in [1.82, 2.24) is 15.1 Å². The molecule has 1 aliphatic carbocycles. The fraction of sp³-hybridized carbons (Fsp3) is 0.238. The fourth-order valence-electron chi connectivity index (χ4n) is 3.51. The van der Waals surface area contributed by atoms with Crippen molar-refractivity contribution in [1.29, 1.82) is 0 Å². The summed E-state index contributed by atoms with van der Waals surface area (Å²) in [6.07, 6.45) is 6.52. The van der Waals surface area contributed by atoms with Crippen molar-refractivity contribution in [3.63, 3.8) is 0 Å². The Hall–Kier alpha value is -2.59. The second-order valence-electron chi connectivity index (χ2n) is 6.64. The number of hydrogen-bond acceptors (Lipinski definition) is 2. The molecular weight excluding hydrogens is 346 g/mol. The van der Waals surface area contributed by atoms with E-state index in [0.717, 1.165) is 24.8 Å². The molecule has 1 amide bonds. The van der Waals surface area contributed by atoms with Gasteiger partial charge in [-0.25, -0.2) is 0 Å². The first-order valence-electron chi connectivity index (χ1n) is 8.85. The Morgan fingerprint density at radius 1 is 1.19 bits per heavy atom. The van der Waals surface area contributed by atoms with Crippen LogP contribution in [-0.4, -0.2) is 15.7 Å². The number of benzene rings is 2. The molecule has 26 heavy (non-hydrogen) atoms. The molecule has 0 saturated heterocycles. The van der Waals surface area contributed by atoms with Crippen molar-refractivity contribution in [2.45, 2.75) is 31.8 Å². The van der Waals surface area contributed by atoms with Crippen LogP contribution in [0.25, 0.3) is 0 Å². The van der Waals surface area contributed by atoms with Crippen molar-refractivity contribution in [2.75, 3.05) is 0 Å². The molecule has 132 valence electrons. The van der Waals surface area contributed by atoms with Gasteiger partial charge in [0, 0.05) is 11.2 Å². The fourth-order valence-corrected chi connectivity index (χ4v) is 3.71. The SMILES string of the molecule is O=C(N[C@H]1CCCc2ccccc21)c1cnn(Cc2ccccc2Cl)c1. The zero-order chi connectivity index (χ0) is 17.9. The highest BCUT2D eigenvalue weighted by molar-refractivity contribution is 6.31. The molecule has 1 heterocycles. The third-order valence-corrected chi connectivity index (χ3v) is 5.23. The molecule has 1 atom stereocenters. The zero-order valence-corrected chi connectivity index (χ0v) is 15.1. The zero-order valence-electron chi connectivity index (χ0n) is 14.4. The van der Waals surface area contributed by atoms with Crippen LogP contribution in [0.5, 0.6) is 0 Å². The molecule has 1 aromatic heterocycles. The quantitative estimate of drug-likeness (QED) is 0.745. The molecular formula is C21H20ClN3O. The van der Waals surface area contributed by atoms with E-state index in [1.54, 1.807) is 17.1 Å². The van der Waals surface area contributed by atoms with E-state index in [-0.39, 0.29) is 11.9 Å². The van der Waals surface area contributed by atoms with Gasteiger partial charge in [0.2, 0.25) is 0 Å². The maximum absolute atomic E-state index is 12.7. The van der Waals surface area contributed by atoms with Crippen LogP contribution in [0, 0.1) is 0 Å². The summed E-state index contributed by atoms with van der Waals surface area (Å²) in [5.41, 5.74) is 4.11. The van der Waals surface area contributed by atoms with E-state index >= 15 is 0 Å². The largest absolute Gasteiger partial charge is 0.345 e. The molecule has 0 spiro atoms. The number of rotatable bonds is 4. The van der Waals surface area contributed by atoms with E-state index in [0.29, 0.717) is 17.1 Å². The van der Waals surface area contributed by atoms with Gasteiger partial charge in [-0.1, -0.05) is 54.1 Å². The first kappa shape index (κ1) is 16.9. The van der Waals surface area contributed by atoms with Gasteiger partial charge in [-0.05, 0) is 42.0 Å². The molecule has 3 aromatic rings. The lowest BCUT2D eigenvalue weighted by Gasteiger charge is -2.26. The molecule has 0 fully saturated rings. The van der Waals surface area contributed by atoms with Gasteiger partial charge >= 0.3 is 0 Å².